The van der Waals surface area contributed by atoms with Gasteiger partial charge in [-0.3, -0.25) is 9.10 Å². The minimum atomic E-state index is -3.79. The lowest BCUT2D eigenvalue weighted by Crippen LogP contribution is -2.38. The molecule has 1 N–H and O–H groups in total. The molecule has 38 heavy (non-hydrogen) atoms. The van der Waals surface area contributed by atoms with Gasteiger partial charge in [-0.1, -0.05) is 62.7 Å². The molecule has 1 aliphatic heterocycles. The van der Waals surface area contributed by atoms with Crippen molar-refractivity contribution >= 4 is 44.9 Å². The molecule has 0 fully saturated rings. The molecule has 202 valence electrons. The van der Waals surface area contributed by atoms with Crippen molar-refractivity contribution < 1.29 is 27.4 Å². The summed E-state index contributed by atoms with van der Waals surface area (Å²) in [5, 5.41) is 8.04. The van der Waals surface area contributed by atoms with Gasteiger partial charge in [-0.15, -0.1) is 0 Å². The van der Waals surface area contributed by atoms with E-state index in [-0.39, 0.29) is 30.4 Å². The van der Waals surface area contributed by atoms with E-state index in [1.54, 1.807) is 62.4 Å². The normalized spacial score (nSPS) is 13.3. The molecular weight excluding hydrogens is 529 g/mol. The van der Waals surface area contributed by atoms with Gasteiger partial charge in [0.25, 0.3) is 10.0 Å². The van der Waals surface area contributed by atoms with Crippen molar-refractivity contribution in [3.63, 3.8) is 0 Å². The lowest BCUT2D eigenvalue weighted by atomic mass is 10.0. The summed E-state index contributed by atoms with van der Waals surface area (Å²) in [5.74, 6) is -0.456. The van der Waals surface area contributed by atoms with Gasteiger partial charge < -0.3 is 9.84 Å². The van der Waals surface area contributed by atoms with Crippen LogP contribution in [0.4, 0.5) is 10.1 Å². The van der Waals surface area contributed by atoms with Gasteiger partial charge in [0.05, 0.1) is 22.2 Å². The summed E-state index contributed by atoms with van der Waals surface area (Å²) in [6.45, 7) is 7.88. The summed E-state index contributed by atoms with van der Waals surface area (Å²) in [6.07, 6.45) is 2.00. The zero-order valence-corrected chi connectivity index (χ0v) is 23.3. The van der Waals surface area contributed by atoms with Gasteiger partial charge in [0.1, 0.15) is 18.2 Å². The molecule has 3 aromatic carbocycles. The summed E-state index contributed by atoms with van der Waals surface area (Å²) in [5.41, 5.74) is 3.08. The standard InChI is InChI=1S/C26H25ClFNO3S.C3H6O2/c1-17(2)20-6-4-7-21(16-20)33(30,31)29-12-13-32-25-11-10-19(15-24(25)29)14-18(3)26-22(27)8-5-9-23(26)28;1-2-3(4)5/h4-11,14-17H,12-13H2,1-3H3;2H2,1H3,(H,4,5)/b18-14+;. The number of hydrogen-bond donors (Lipinski definition) is 1. The Balaban J connectivity index is 0.000000732. The maximum atomic E-state index is 14.3. The van der Waals surface area contributed by atoms with Crippen molar-refractivity contribution in [3.05, 3.63) is 88.2 Å². The largest absolute Gasteiger partial charge is 0.489 e. The third-order valence-corrected chi connectivity index (χ3v) is 8.08. The molecule has 4 rings (SSSR count). The first kappa shape index (κ1) is 29.2. The Morgan fingerprint density at radius 1 is 1.16 bits per heavy atom. The van der Waals surface area contributed by atoms with E-state index in [1.807, 2.05) is 26.0 Å². The van der Waals surface area contributed by atoms with Crippen molar-refractivity contribution in [2.24, 2.45) is 0 Å². The Hall–Kier alpha value is -3.36. The molecule has 0 atom stereocenters. The van der Waals surface area contributed by atoms with Crippen LogP contribution in [0.25, 0.3) is 11.6 Å². The van der Waals surface area contributed by atoms with E-state index in [0.717, 1.165) is 5.56 Å². The average molecular weight is 560 g/mol. The van der Waals surface area contributed by atoms with E-state index in [4.69, 9.17) is 21.4 Å². The number of nitrogens with zero attached hydrogens (tertiary/aromatic N) is 1. The minimum Gasteiger partial charge on any atom is -0.489 e. The van der Waals surface area contributed by atoms with Gasteiger partial charge in [-0.05, 0) is 65.9 Å². The Bertz CT molecular complexity index is 1430. The van der Waals surface area contributed by atoms with Gasteiger partial charge in [-0.2, -0.15) is 0 Å². The molecule has 0 amide bonds. The van der Waals surface area contributed by atoms with Crippen LogP contribution in [0.2, 0.25) is 5.02 Å². The van der Waals surface area contributed by atoms with Crippen LogP contribution in [-0.4, -0.2) is 32.6 Å². The summed E-state index contributed by atoms with van der Waals surface area (Å²) in [7, 11) is -3.79. The van der Waals surface area contributed by atoms with Gasteiger partial charge >= 0.3 is 5.97 Å². The van der Waals surface area contributed by atoms with Crippen LogP contribution in [0.1, 0.15) is 56.7 Å². The molecule has 6 nitrogen and oxygen atoms in total. The number of sulfonamides is 1. The topological polar surface area (TPSA) is 83.9 Å². The molecule has 0 aliphatic carbocycles. The summed E-state index contributed by atoms with van der Waals surface area (Å²) in [6, 6.07) is 16.9. The van der Waals surface area contributed by atoms with Crippen LogP contribution >= 0.6 is 11.6 Å². The predicted octanol–water partition coefficient (Wildman–Crippen LogP) is 7.23. The summed E-state index contributed by atoms with van der Waals surface area (Å²) in [4.78, 5) is 9.62. The number of benzene rings is 3. The second kappa shape index (κ2) is 12.5. The maximum absolute atomic E-state index is 14.3. The first-order valence-corrected chi connectivity index (χ1v) is 14.0. The fourth-order valence-electron chi connectivity index (χ4n) is 3.91. The number of allylic oxidation sites excluding steroid dienone is 1. The van der Waals surface area contributed by atoms with Crippen LogP contribution in [0.15, 0.2) is 65.6 Å². The number of hydrogen-bond acceptors (Lipinski definition) is 4. The second-order valence-electron chi connectivity index (χ2n) is 9.05. The molecule has 0 saturated heterocycles. The van der Waals surface area contributed by atoms with E-state index in [1.165, 1.54) is 10.4 Å². The van der Waals surface area contributed by atoms with E-state index >= 15 is 0 Å². The van der Waals surface area contributed by atoms with Crippen LogP contribution in [0.3, 0.4) is 0 Å². The highest BCUT2D eigenvalue weighted by Gasteiger charge is 2.30. The van der Waals surface area contributed by atoms with Gasteiger partial charge in [-0.25, -0.2) is 12.8 Å². The van der Waals surface area contributed by atoms with Gasteiger partial charge in [0.15, 0.2) is 0 Å². The van der Waals surface area contributed by atoms with Crippen molar-refractivity contribution in [1.82, 2.24) is 0 Å². The second-order valence-corrected chi connectivity index (χ2v) is 11.3. The number of anilines is 1. The number of halogens is 2. The Kier molecular flexibility index (Phi) is 9.57. The molecule has 0 radical (unpaired) electrons. The smallest absolute Gasteiger partial charge is 0.303 e. The average Bonchev–Trinajstić information content (AvgIpc) is 2.88. The first-order chi connectivity index (χ1) is 17.9. The Morgan fingerprint density at radius 3 is 2.47 bits per heavy atom. The van der Waals surface area contributed by atoms with Crippen molar-refractivity contribution in [3.8, 4) is 5.75 Å². The number of rotatable bonds is 6. The molecule has 3 aromatic rings. The highest BCUT2D eigenvalue weighted by molar-refractivity contribution is 7.92. The third kappa shape index (κ3) is 6.74. The summed E-state index contributed by atoms with van der Waals surface area (Å²) >= 11 is 6.20. The number of carboxylic acids is 1. The number of aliphatic carboxylic acids is 1. The number of fused-ring (bicyclic) bond motifs is 1. The molecular formula is C29H31ClFNO5S. The molecule has 9 heteroatoms. The van der Waals surface area contributed by atoms with Crippen molar-refractivity contribution in [2.75, 3.05) is 17.5 Å². The third-order valence-electron chi connectivity index (χ3n) is 5.96. The molecule has 0 aromatic heterocycles. The number of ether oxygens (including phenoxy) is 1. The molecule has 0 bridgehead atoms. The fraction of sp³-hybridized carbons (Fsp3) is 0.276. The first-order valence-electron chi connectivity index (χ1n) is 12.2. The molecule has 0 unspecified atom stereocenters. The Morgan fingerprint density at radius 2 is 1.84 bits per heavy atom. The van der Waals surface area contributed by atoms with E-state index in [9.17, 15) is 17.6 Å². The Labute approximate surface area is 228 Å². The lowest BCUT2D eigenvalue weighted by molar-refractivity contribution is -0.136. The molecule has 0 saturated carbocycles. The van der Waals surface area contributed by atoms with Crippen molar-refractivity contribution in [2.45, 2.75) is 44.9 Å². The molecule has 0 spiro atoms. The lowest BCUT2D eigenvalue weighted by Gasteiger charge is -2.31. The molecule has 1 aliphatic rings. The highest BCUT2D eigenvalue weighted by atomic mass is 35.5. The number of carboxylic acid groups (broad SMARTS) is 1. The van der Waals surface area contributed by atoms with Crippen LogP contribution < -0.4 is 9.04 Å². The van der Waals surface area contributed by atoms with Crippen LogP contribution in [0, 0.1) is 5.82 Å². The number of carbonyl (C=O) groups is 1. The fourth-order valence-corrected chi connectivity index (χ4v) is 5.73. The minimum absolute atomic E-state index is 0.201. The van der Waals surface area contributed by atoms with Crippen molar-refractivity contribution in [1.29, 1.82) is 0 Å². The van der Waals surface area contributed by atoms with Gasteiger partial charge in [0, 0.05) is 12.0 Å². The zero-order valence-electron chi connectivity index (χ0n) is 21.7. The van der Waals surface area contributed by atoms with E-state index in [0.29, 0.717) is 33.2 Å². The molecule has 1 heterocycles. The zero-order chi connectivity index (χ0) is 28.0. The quantitative estimate of drug-likeness (QED) is 0.322. The maximum Gasteiger partial charge on any atom is 0.303 e. The van der Waals surface area contributed by atoms with Gasteiger partial charge in [0.2, 0.25) is 0 Å². The van der Waals surface area contributed by atoms with Crippen LogP contribution in [0.5, 0.6) is 5.75 Å². The predicted molar refractivity (Wildman–Crippen MR) is 150 cm³/mol. The monoisotopic (exact) mass is 559 g/mol. The SMILES string of the molecule is C/C(=C\c1ccc2c(c1)N(S(=O)(=O)c1cccc(C(C)C)c1)CCO2)c1c(F)cccc1Cl.CCC(=O)O. The highest BCUT2D eigenvalue weighted by Crippen LogP contribution is 2.37. The van der Waals surface area contributed by atoms with E-state index < -0.39 is 21.8 Å². The van der Waals surface area contributed by atoms with Crippen LogP contribution in [-0.2, 0) is 14.8 Å². The van der Waals surface area contributed by atoms with E-state index in [2.05, 4.69) is 0 Å². The summed E-state index contributed by atoms with van der Waals surface area (Å²) < 4.78 is 48.6.